The van der Waals surface area contributed by atoms with Crippen molar-refractivity contribution in [3.05, 3.63) is 11.6 Å². The predicted molar refractivity (Wildman–Crippen MR) is 88.4 cm³/mol. The van der Waals surface area contributed by atoms with Crippen LogP contribution in [0.25, 0.3) is 0 Å². The molecule has 0 radical (unpaired) electrons. The average Bonchev–Trinajstić information content (AvgIpc) is 2.85. The first kappa shape index (κ1) is 15.7. The Morgan fingerprint density at radius 2 is 2.13 bits per heavy atom. The highest BCUT2D eigenvalue weighted by Crippen LogP contribution is 2.63. The summed E-state index contributed by atoms with van der Waals surface area (Å²) in [5.74, 6) is 2.03. The van der Waals surface area contributed by atoms with Gasteiger partial charge in [0.25, 0.3) is 0 Å². The van der Waals surface area contributed by atoms with Gasteiger partial charge in [-0.15, -0.1) is 0 Å². The Kier molecular flexibility index (Phi) is 3.63. The van der Waals surface area contributed by atoms with Crippen LogP contribution in [-0.2, 0) is 4.74 Å². The molecule has 2 saturated carbocycles. The molecule has 3 fully saturated rings. The Bertz CT molecular complexity index is 564. The molecule has 0 aromatic heterocycles. The molecule has 1 aliphatic heterocycles. The Balaban J connectivity index is 1.64. The van der Waals surface area contributed by atoms with Crippen LogP contribution in [0.2, 0.25) is 0 Å². The molecule has 3 nitrogen and oxygen atoms in total. The zero-order chi connectivity index (χ0) is 16.2. The van der Waals surface area contributed by atoms with E-state index in [0.29, 0.717) is 18.3 Å². The quantitative estimate of drug-likeness (QED) is 0.748. The van der Waals surface area contributed by atoms with E-state index in [9.17, 15) is 5.11 Å². The Labute approximate surface area is 139 Å². The topological polar surface area (TPSA) is 53.2 Å². The van der Waals surface area contributed by atoms with Gasteiger partial charge in [-0.25, -0.2) is 0 Å². The maximum Gasteiger partial charge on any atom is 0.0762 e. The van der Waals surface area contributed by atoms with Gasteiger partial charge in [-0.05, 0) is 61.7 Å². The minimum atomic E-state index is -0.130. The molecule has 3 aliphatic carbocycles. The molecule has 1 heterocycles. The summed E-state index contributed by atoms with van der Waals surface area (Å²) in [6.45, 7) is 5.66. The van der Waals surface area contributed by atoms with Crippen LogP contribution >= 0.6 is 0 Å². The number of fused-ring (bicyclic) bond motifs is 5. The van der Waals surface area contributed by atoms with Gasteiger partial charge in [0.15, 0.2) is 0 Å². The molecule has 1 N–H and O–H groups in total. The van der Waals surface area contributed by atoms with Gasteiger partial charge < -0.3 is 9.84 Å². The smallest absolute Gasteiger partial charge is 0.0762 e. The van der Waals surface area contributed by atoms with E-state index < -0.39 is 0 Å². The van der Waals surface area contributed by atoms with Crippen molar-refractivity contribution >= 4 is 0 Å². The number of nitriles is 1. The third kappa shape index (κ3) is 2.14. The van der Waals surface area contributed by atoms with E-state index in [1.807, 2.05) is 0 Å². The fourth-order valence-corrected chi connectivity index (χ4v) is 6.49. The van der Waals surface area contributed by atoms with Crippen molar-refractivity contribution in [2.75, 3.05) is 6.61 Å². The highest BCUT2D eigenvalue weighted by Gasteiger charge is 2.59. The SMILES string of the molecule is CC12CCC(O)CC1=CCC1C2CCC2(C)C(CC#N)OCC12. The number of allylic oxidation sites excluding steroid dienone is 1. The zero-order valence-electron chi connectivity index (χ0n) is 14.4. The van der Waals surface area contributed by atoms with E-state index in [-0.39, 0.29) is 23.0 Å². The summed E-state index contributed by atoms with van der Waals surface area (Å²) in [6.07, 6.45) is 9.55. The number of aliphatic hydroxyl groups excluding tert-OH is 1. The van der Waals surface area contributed by atoms with Crippen molar-refractivity contribution in [3.8, 4) is 6.07 Å². The monoisotopic (exact) mass is 315 g/mol. The van der Waals surface area contributed by atoms with E-state index in [1.165, 1.54) is 18.4 Å². The number of ether oxygens (including phenoxy) is 1. The minimum absolute atomic E-state index is 0.129. The first-order valence-corrected chi connectivity index (χ1v) is 9.35. The molecule has 3 heteroatoms. The maximum absolute atomic E-state index is 10.1. The molecule has 23 heavy (non-hydrogen) atoms. The predicted octanol–water partition coefficient (Wildman–Crippen LogP) is 3.83. The lowest BCUT2D eigenvalue weighted by molar-refractivity contribution is -0.0399. The molecule has 0 aromatic rings. The average molecular weight is 315 g/mol. The lowest BCUT2D eigenvalue weighted by Crippen LogP contribution is -2.51. The van der Waals surface area contributed by atoms with Gasteiger partial charge in [-0.1, -0.05) is 25.5 Å². The van der Waals surface area contributed by atoms with Gasteiger partial charge in [0.05, 0.1) is 31.3 Å². The largest absolute Gasteiger partial charge is 0.393 e. The number of hydrogen-bond acceptors (Lipinski definition) is 3. The van der Waals surface area contributed by atoms with Crippen LogP contribution in [0.4, 0.5) is 0 Å². The highest BCUT2D eigenvalue weighted by molar-refractivity contribution is 5.25. The molecule has 1 saturated heterocycles. The number of aliphatic hydroxyl groups is 1. The van der Waals surface area contributed by atoms with Gasteiger partial charge in [-0.2, -0.15) is 5.26 Å². The first-order valence-electron chi connectivity index (χ1n) is 9.35. The third-order valence-corrected chi connectivity index (χ3v) is 8.00. The maximum atomic E-state index is 10.1. The second-order valence-corrected chi connectivity index (χ2v) is 8.88. The summed E-state index contributed by atoms with van der Waals surface area (Å²) < 4.78 is 6.10. The standard InChI is InChI=1S/C20H29NO2/c1-19-8-5-14(22)11-13(19)3-4-15-16(19)6-9-20(2)17(15)12-23-18(20)7-10-21/h3,14-18,22H,4-9,11-12H2,1-2H3. The van der Waals surface area contributed by atoms with Gasteiger partial charge in [0.1, 0.15) is 0 Å². The molecule has 126 valence electrons. The number of nitrogens with zero attached hydrogens (tertiary/aromatic N) is 1. The van der Waals surface area contributed by atoms with Crippen molar-refractivity contribution in [1.82, 2.24) is 0 Å². The summed E-state index contributed by atoms with van der Waals surface area (Å²) >= 11 is 0. The van der Waals surface area contributed by atoms with E-state index >= 15 is 0 Å². The van der Waals surface area contributed by atoms with Gasteiger partial charge in [0.2, 0.25) is 0 Å². The molecule has 0 aromatic carbocycles. The summed E-state index contributed by atoms with van der Waals surface area (Å²) in [5, 5.41) is 19.2. The lowest BCUT2D eigenvalue weighted by atomic mass is 9.47. The van der Waals surface area contributed by atoms with Crippen LogP contribution in [-0.4, -0.2) is 23.9 Å². The molecular weight excluding hydrogens is 286 g/mol. The van der Waals surface area contributed by atoms with Crippen LogP contribution in [0.15, 0.2) is 11.6 Å². The normalized spacial score (nSPS) is 51.9. The van der Waals surface area contributed by atoms with Crippen molar-refractivity contribution in [2.45, 2.75) is 71.0 Å². The molecule has 4 rings (SSSR count). The molecular formula is C20H29NO2. The van der Waals surface area contributed by atoms with Crippen molar-refractivity contribution < 1.29 is 9.84 Å². The van der Waals surface area contributed by atoms with Gasteiger partial charge >= 0.3 is 0 Å². The van der Waals surface area contributed by atoms with E-state index in [2.05, 4.69) is 26.0 Å². The summed E-state index contributed by atoms with van der Waals surface area (Å²) in [6, 6.07) is 2.33. The summed E-state index contributed by atoms with van der Waals surface area (Å²) in [4.78, 5) is 0. The summed E-state index contributed by atoms with van der Waals surface area (Å²) in [7, 11) is 0. The number of hydrogen-bond donors (Lipinski definition) is 1. The second kappa shape index (κ2) is 5.33. The van der Waals surface area contributed by atoms with Gasteiger partial charge in [0, 0.05) is 5.41 Å². The number of rotatable bonds is 1. The second-order valence-electron chi connectivity index (χ2n) is 8.88. The fourth-order valence-electron chi connectivity index (χ4n) is 6.49. The van der Waals surface area contributed by atoms with Crippen molar-refractivity contribution in [1.29, 1.82) is 5.26 Å². The zero-order valence-corrected chi connectivity index (χ0v) is 14.4. The molecule has 0 spiro atoms. The lowest BCUT2D eigenvalue weighted by Gasteiger charge is -2.57. The van der Waals surface area contributed by atoms with Crippen LogP contribution in [0, 0.1) is 39.9 Å². The molecule has 0 amide bonds. The van der Waals surface area contributed by atoms with Crippen molar-refractivity contribution in [2.24, 2.45) is 28.6 Å². The Hall–Kier alpha value is -0.850. The van der Waals surface area contributed by atoms with E-state index in [4.69, 9.17) is 10.00 Å². The molecule has 0 bridgehead atoms. The van der Waals surface area contributed by atoms with Crippen LogP contribution < -0.4 is 0 Å². The summed E-state index contributed by atoms with van der Waals surface area (Å²) in [5.41, 5.74) is 2.00. The third-order valence-electron chi connectivity index (χ3n) is 8.00. The van der Waals surface area contributed by atoms with Gasteiger partial charge in [-0.3, -0.25) is 0 Å². The van der Waals surface area contributed by atoms with E-state index in [1.54, 1.807) is 0 Å². The van der Waals surface area contributed by atoms with Crippen LogP contribution in [0.5, 0.6) is 0 Å². The van der Waals surface area contributed by atoms with Crippen LogP contribution in [0.1, 0.15) is 58.8 Å². The Morgan fingerprint density at radius 3 is 2.91 bits per heavy atom. The first-order chi connectivity index (χ1) is 11.0. The molecule has 7 unspecified atom stereocenters. The van der Waals surface area contributed by atoms with Crippen molar-refractivity contribution in [3.63, 3.8) is 0 Å². The molecule has 4 aliphatic rings. The fraction of sp³-hybridized carbons (Fsp3) is 0.850. The highest BCUT2D eigenvalue weighted by atomic mass is 16.5. The van der Waals surface area contributed by atoms with Crippen LogP contribution in [0.3, 0.4) is 0 Å². The van der Waals surface area contributed by atoms with E-state index in [0.717, 1.165) is 38.2 Å². The Morgan fingerprint density at radius 1 is 1.30 bits per heavy atom. The minimum Gasteiger partial charge on any atom is -0.393 e. The molecule has 7 atom stereocenters.